The first-order valence-corrected chi connectivity index (χ1v) is 6.67. The number of rotatable bonds is 3. The van der Waals surface area contributed by atoms with Gasteiger partial charge in [-0.15, -0.1) is 0 Å². The van der Waals surface area contributed by atoms with Gasteiger partial charge in [0.25, 0.3) is 0 Å². The van der Waals surface area contributed by atoms with E-state index in [-0.39, 0.29) is 25.6 Å². The van der Waals surface area contributed by atoms with E-state index < -0.39 is 10.7 Å². The average Bonchev–Trinajstić information content (AvgIpc) is 2.73. The molecule has 0 saturated heterocycles. The molecule has 7 nitrogen and oxygen atoms in total. The van der Waals surface area contributed by atoms with E-state index in [1.807, 2.05) is 0 Å². The molecule has 0 atom stereocenters. The molecule has 1 aliphatic rings. The molecular formula is C14H14FN3O4. The summed E-state index contributed by atoms with van der Waals surface area (Å²) in [6, 6.07) is 2.72. The van der Waals surface area contributed by atoms with Crippen molar-refractivity contribution in [2.45, 2.75) is 27.0 Å². The van der Waals surface area contributed by atoms with Crippen molar-refractivity contribution in [3.05, 3.63) is 50.6 Å². The lowest BCUT2D eigenvalue weighted by molar-refractivity contribution is -0.386. The first-order valence-electron chi connectivity index (χ1n) is 6.67. The molecule has 0 amide bonds. The van der Waals surface area contributed by atoms with E-state index in [1.165, 1.54) is 16.8 Å². The van der Waals surface area contributed by atoms with Crippen LogP contribution in [-0.4, -0.2) is 21.5 Å². The third-order valence-corrected chi connectivity index (χ3v) is 3.60. The zero-order valence-corrected chi connectivity index (χ0v) is 12.1. The highest BCUT2D eigenvalue weighted by atomic mass is 19.1. The Morgan fingerprint density at radius 2 is 2.23 bits per heavy atom. The summed E-state index contributed by atoms with van der Waals surface area (Å²) in [5.41, 5.74) is 1.94. The van der Waals surface area contributed by atoms with Crippen LogP contribution < -0.4 is 4.74 Å². The van der Waals surface area contributed by atoms with Crippen molar-refractivity contribution in [1.29, 1.82) is 0 Å². The number of halogens is 1. The van der Waals surface area contributed by atoms with Crippen molar-refractivity contribution < 1.29 is 18.8 Å². The fourth-order valence-electron chi connectivity index (χ4n) is 2.64. The summed E-state index contributed by atoms with van der Waals surface area (Å²) >= 11 is 0. The molecule has 1 aromatic heterocycles. The minimum Gasteiger partial charge on any atom is -0.467 e. The van der Waals surface area contributed by atoms with E-state index in [4.69, 9.17) is 9.47 Å². The zero-order chi connectivity index (χ0) is 15.9. The van der Waals surface area contributed by atoms with E-state index >= 15 is 0 Å². The van der Waals surface area contributed by atoms with Crippen LogP contribution in [0.2, 0.25) is 0 Å². The Kier molecular flexibility index (Phi) is 3.53. The van der Waals surface area contributed by atoms with Crippen LogP contribution in [0.5, 0.6) is 5.75 Å². The van der Waals surface area contributed by atoms with E-state index in [0.717, 1.165) is 0 Å². The maximum atomic E-state index is 13.7. The summed E-state index contributed by atoms with van der Waals surface area (Å²) in [7, 11) is 0. The lowest BCUT2D eigenvalue weighted by atomic mass is 10.1. The van der Waals surface area contributed by atoms with Crippen molar-refractivity contribution in [2.24, 2.45) is 0 Å². The van der Waals surface area contributed by atoms with Gasteiger partial charge in [0, 0.05) is 11.1 Å². The van der Waals surface area contributed by atoms with Crippen molar-refractivity contribution >= 4 is 5.69 Å². The summed E-state index contributed by atoms with van der Waals surface area (Å²) < 4.78 is 25.8. The molecule has 0 aliphatic carbocycles. The average molecular weight is 307 g/mol. The number of ether oxygens (including phenoxy) is 2. The molecule has 0 radical (unpaired) electrons. The Morgan fingerprint density at radius 1 is 1.45 bits per heavy atom. The SMILES string of the molecule is Cc1nn(Cc2cc(F)cc3c2OCOC3)c(C)c1[N+](=O)[O-]. The minimum absolute atomic E-state index is 0.0190. The van der Waals surface area contributed by atoms with Crippen LogP contribution in [0, 0.1) is 29.8 Å². The van der Waals surface area contributed by atoms with Gasteiger partial charge in [-0.25, -0.2) is 4.39 Å². The van der Waals surface area contributed by atoms with Gasteiger partial charge in [0.05, 0.1) is 18.1 Å². The number of nitro groups is 1. The Bertz CT molecular complexity index is 757. The second-order valence-electron chi connectivity index (χ2n) is 5.10. The molecule has 0 unspecified atom stereocenters. The molecule has 0 bridgehead atoms. The molecule has 116 valence electrons. The lowest BCUT2D eigenvalue weighted by Crippen LogP contribution is -2.15. The number of hydrogen-bond donors (Lipinski definition) is 0. The quantitative estimate of drug-likeness (QED) is 0.643. The predicted octanol–water partition coefficient (Wildman–Crippen LogP) is 2.46. The van der Waals surface area contributed by atoms with E-state index in [2.05, 4.69) is 5.10 Å². The lowest BCUT2D eigenvalue weighted by Gasteiger charge is -2.21. The Hall–Kier alpha value is -2.48. The van der Waals surface area contributed by atoms with E-state index in [0.29, 0.717) is 28.3 Å². The van der Waals surface area contributed by atoms with Crippen LogP contribution in [0.1, 0.15) is 22.5 Å². The highest BCUT2D eigenvalue weighted by Crippen LogP contribution is 2.31. The van der Waals surface area contributed by atoms with Crippen LogP contribution in [0.3, 0.4) is 0 Å². The van der Waals surface area contributed by atoms with Crippen LogP contribution in [0.15, 0.2) is 12.1 Å². The highest BCUT2D eigenvalue weighted by Gasteiger charge is 2.23. The number of fused-ring (bicyclic) bond motifs is 1. The van der Waals surface area contributed by atoms with Gasteiger partial charge in [0.2, 0.25) is 0 Å². The number of nitrogens with zero attached hydrogens (tertiary/aromatic N) is 3. The Labute approximate surface area is 125 Å². The van der Waals surface area contributed by atoms with Crippen molar-refractivity contribution in [2.75, 3.05) is 6.79 Å². The van der Waals surface area contributed by atoms with Crippen LogP contribution in [0.4, 0.5) is 10.1 Å². The van der Waals surface area contributed by atoms with Crippen molar-refractivity contribution in [3.63, 3.8) is 0 Å². The second kappa shape index (κ2) is 5.38. The fourth-order valence-corrected chi connectivity index (χ4v) is 2.64. The number of benzene rings is 1. The van der Waals surface area contributed by atoms with E-state index in [1.54, 1.807) is 13.8 Å². The fraction of sp³-hybridized carbons (Fsp3) is 0.357. The monoisotopic (exact) mass is 307 g/mol. The summed E-state index contributed by atoms with van der Waals surface area (Å²) in [6.45, 7) is 3.77. The standard InChI is InChI=1S/C14H14FN3O4/c1-8-13(18(19)20)9(2)17(16-8)5-10-3-12(15)4-11-6-21-7-22-14(10)11/h3-4H,5-7H2,1-2H3. The molecule has 2 heterocycles. The van der Waals surface area contributed by atoms with Gasteiger partial charge >= 0.3 is 5.69 Å². The zero-order valence-electron chi connectivity index (χ0n) is 12.1. The van der Waals surface area contributed by atoms with Gasteiger partial charge in [-0.2, -0.15) is 5.10 Å². The number of aryl methyl sites for hydroxylation is 1. The van der Waals surface area contributed by atoms with Gasteiger partial charge in [0.15, 0.2) is 6.79 Å². The molecule has 0 saturated carbocycles. The molecule has 1 aliphatic heterocycles. The minimum atomic E-state index is -0.459. The highest BCUT2D eigenvalue weighted by molar-refractivity contribution is 5.44. The second-order valence-corrected chi connectivity index (χ2v) is 5.10. The largest absolute Gasteiger partial charge is 0.467 e. The normalized spacial score (nSPS) is 13.6. The van der Waals surface area contributed by atoms with Crippen molar-refractivity contribution in [1.82, 2.24) is 9.78 Å². The molecule has 1 aromatic carbocycles. The topological polar surface area (TPSA) is 79.4 Å². The Morgan fingerprint density at radius 3 is 2.91 bits per heavy atom. The van der Waals surface area contributed by atoms with Gasteiger partial charge in [-0.3, -0.25) is 14.8 Å². The maximum Gasteiger partial charge on any atom is 0.312 e. The smallest absolute Gasteiger partial charge is 0.312 e. The summed E-state index contributed by atoms with van der Waals surface area (Å²) in [4.78, 5) is 10.6. The Balaban J connectivity index is 2.02. The maximum absolute atomic E-state index is 13.7. The van der Waals surface area contributed by atoms with Gasteiger partial charge < -0.3 is 9.47 Å². The molecule has 8 heteroatoms. The molecule has 0 fully saturated rings. The first-order chi connectivity index (χ1) is 10.5. The molecule has 22 heavy (non-hydrogen) atoms. The van der Waals surface area contributed by atoms with Crippen LogP contribution in [0.25, 0.3) is 0 Å². The molecule has 0 spiro atoms. The number of aromatic nitrogens is 2. The third kappa shape index (κ3) is 2.41. The molecule has 3 rings (SSSR count). The molecule has 2 aromatic rings. The summed E-state index contributed by atoms with van der Waals surface area (Å²) in [5.74, 6) is 0.154. The molecular weight excluding hydrogens is 293 g/mol. The molecule has 0 N–H and O–H groups in total. The third-order valence-electron chi connectivity index (χ3n) is 3.60. The van der Waals surface area contributed by atoms with E-state index in [9.17, 15) is 14.5 Å². The van der Waals surface area contributed by atoms with Gasteiger partial charge in [0.1, 0.15) is 23.0 Å². The van der Waals surface area contributed by atoms with Crippen LogP contribution in [-0.2, 0) is 17.9 Å². The summed E-state index contributed by atoms with van der Waals surface area (Å²) in [5, 5.41) is 15.2. The number of hydrogen-bond acceptors (Lipinski definition) is 5. The predicted molar refractivity (Wildman–Crippen MR) is 74.1 cm³/mol. The summed E-state index contributed by atoms with van der Waals surface area (Å²) in [6.07, 6.45) is 0. The van der Waals surface area contributed by atoms with Crippen molar-refractivity contribution in [3.8, 4) is 5.75 Å². The van der Waals surface area contributed by atoms with Gasteiger partial charge in [-0.05, 0) is 26.0 Å². The first kappa shape index (κ1) is 14.5. The van der Waals surface area contributed by atoms with Gasteiger partial charge in [-0.1, -0.05) is 0 Å². The van der Waals surface area contributed by atoms with Crippen LogP contribution >= 0.6 is 0 Å².